The number of carbonyl (C=O) groups is 1. The smallest absolute Gasteiger partial charge is 0.246 e. The molecule has 1 amide bonds. The lowest BCUT2D eigenvalue weighted by Crippen LogP contribution is -2.28. The van der Waals surface area contributed by atoms with E-state index in [0.717, 1.165) is 11.1 Å². The van der Waals surface area contributed by atoms with Gasteiger partial charge < -0.3 is 14.8 Å². The van der Waals surface area contributed by atoms with Crippen molar-refractivity contribution >= 4 is 5.91 Å². The molecule has 1 rings (SSSR count). The summed E-state index contributed by atoms with van der Waals surface area (Å²) in [4.78, 5) is 15.4. The number of ether oxygens (including phenoxy) is 2. The van der Waals surface area contributed by atoms with E-state index in [9.17, 15) is 4.79 Å². The largest absolute Gasteiger partial charge is 0.382 e. The lowest BCUT2D eigenvalue weighted by Gasteiger charge is -2.07. The van der Waals surface area contributed by atoms with E-state index in [0.29, 0.717) is 19.8 Å². The van der Waals surface area contributed by atoms with E-state index in [1.54, 1.807) is 19.5 Å². The lowest BCUT2D eigenvalue weighted by molar-refractivity contribution is -0.126. The molecule has 0 atom stereocenters. The quantitative estimate of drug-likeness (QED) is 0.709. The van der Waals surface area contributed by atoms with Crippen LogP contribution >= 0.6 is 0 Å². The third-order valence-corrected chi connectivity index (χ3v) is 2.29. The van der Waals surface area contributed by atoms with Gasteiger partial charge in [-0.25, -0.2) is 0 Å². The highest BCUT2D eigenvalue weighted by Gasteiger charge is 2.02. The topological polar surface area (TPSA) is 60.5 Å². The Morgan fingerprint density at radius 1 is 1.47 bits per heavy atom. The maximum atomic E-state index is 11.4. The molecule has 5 nitrogen and oxygen atoms in total. The molecule has 0 aliphatic heterocycles. The summed E-state index contributed by atoms with van der Waals surface area (Å²) in [5.74, 6) is -0.135. The predicted molar refractivity (Wildman–Crippen MR) is 63.5 cm³/mol. The molecule has 1 heterocycles. The molecule has 1 aromatic rings. The van der Waals surface area contributed by atoms with E-state index in [-0.39, 0.29) is 12.5 Å². The monoisotopic (exact) mass is 238 g/mol. The summed E-state index contributed by atoms with van der Waals surface area (Å²) in [5, 5.41) is 2.77. The summed E-state index contributed by atoms with van der Waals surface area (Å²) >= 11 is 0. The number of aryl methyl sites for hydroxylation is 1. The zero-order valence-electron chi connectivity index (χ0n) is 10.2. The summed E-state index contributed by atoms with van der Waals surface area (Å²) in [6.45, 7) is 3.44. The van der Waals surface area contributed by atoms with E-state index >= 15 is 0 Å². The number of hydrogen-bond donors (Lipinski definition) is 1. The van der Waals surface area contributed by atoms with Crippen LogP contribution in [-0.2, 0) is 20.8 Å². The molecule has 0 bridgehead atoms. The van der Waals surface area contributed by atoms with Crippen molar-refractivity contribution in [2.24, 2.45) is 0 Å². The second-order valence-corrected chi connectivity index (χ2v) is 3.62. The van der Waals surface area contributed by atoms with Crippen molar-refractivity contribution in [2.75, 3.05) is 26.9 Å². The highest BCUT2D eigenvalue weighted by Crippen LogP contribution is 2.03. The minimum atomic E-state index is -0.135. The second-order valence-electron chi connectivity index (χ2n) is 3.62. The van der Waals surface area contributed by atoms with Crippen molar-refractivity contribution < 1.29 is 14.3 Å². The van der Waals surface area contributed by atoms with Crippen molar-refractivity contribution in [1.82, 2.24) is 10.3 Å². The van der Waals surface area contributed by atoms with Crippen LogP contribution in [0.25, 0.3) is 0 Å². The van der Waals surface area contributed by atoms with Crippen LogP contribution in [-0.4, -0.2) is 37.8 Å². The fourth-order valence-electron chi connectivity index (χ4n) is 1.23. The van der Waals surface area contributed by atoms with Crippen LogP contribution in [0.1, 0.15) is 11.1 Å². The van der Waals surface area contributed by atoms with Gasteiger partial charge in [0.05, 0.1) is 13.2 Å². The Kier molecular flexibility index (Phi) is 6.21. The van der Waals surface area contributed by atoms with E-state index < -0.39 is 0 Å². The molecule has 0 aliphatic rings. The van der Waals surface area contributed by atoms with Gasteiger partial charge in [-0.3, -0.25) is 9.78 Å². The van der Waals surface area contributed by atoms with Gasteiger partial charge in [0.15, 0.2) is 0 Å². The Morgan fingerprint density at radius 3 is 3.00 bits per heavy atom. The average Bonchev–Trinajstić information content (AvgIpc) is 2.34. The van der Waals surface area contributed by atoms with Gasteiger partial charge in [0.25, 0.3) is 0 Å². The van der Waals surface area contributed by atoms with Crippen LogP contribution in [0.2, 0.25) is 0 Å². The fourth-order valence-corrected chi connectivity index (χ4v) is 1.23. The highest BCUT2D eigenvalue weighted by molar-refractivity contribution is 5.77. The number of pyridine rings is 1. The standard InChI is InChI=1S/C12H18N2O3/c1-10-3-4-13-7-11(10)8-14-12(15)9-17-6-5-16-2/h3-4,7H,5-6,8-9H2,1-2H3,(H,14,15). The van der Waals surface area contributed by atoms with Crippen molar-refractivity contribution in [3.05, 3.63) is 29.6 Å². The molecule has 0 radical (unpaired) electrons. The number of nitrogens with zero attached hydrogens (tertiary/aromatic N) is 1. The molecule has 0 fully saturated rings. The molecule has 94 valence electrons. The van der Waals surface area contributed by atoms with E-state index in [1.807, 2.05) is 13.0 Å². The predicted octanol–water partition coefficient (Wildman–Crippen LogP) is 0.669. The molecular weight excluding hydrogens is 220 g/mol. The van der Waals surface area contributed by atoms with Gasteiger partial charge in [0, 0.05) is 26.0 Å². The number of carbonyl (C=O) groups excluding carboxylic acids is 1. The average molecular weight is 238 g/mol. The molecule has 0 saturated carbocycles. The maximum absolute atomic E-state index is 11.4. The van der Waals surface area contributed by atoms with Gasteiger partial charge in [-0.2, -0.15) is 0 Å². The van der Waals surface area contributed by atoms with Crippen LogP contribution in [0.5, 0.6) is 0 Å². The molecular formula is C12H18N2O3. The number of methoxy groups -OCH3 is 1. The Bertz CT molecular complexity index is 355. The Labute approximate surface area is 101 Å². The van der Waals surface area contributed by atoms with Gasteiger partial charge in [-0.05, 0) is 24.1 Å². The Hall–Kier alpha value is -1.46. The first-order valence-corrected chi connectivity index (χ1v) is 5.47. The van der Waals surface area contributed by atoms with Gasteiger partial charge in [-0.15, -0.1) is 0 Å². The summed E-state index contributed by atoms with van der Waals surface area (Å²) in [6, 6.07) is 1.91. The first-order chi connectivity index (χ1) is 8.24. The zero-order valence-corrected chi connectivity index (χ0v) is 10.2. The molecule has 0 spiro atoms. The maximum Gasteiger partial charge on any atom is 0.246 e. The van der Waals surface area contributed by atoms with Crippen LogP contribution in [0.4, 0.5) is 0 Å². The summed E-state index contributed by atoms with van der Waals surface area (Å²) in [6.07, 6.45) is 3.48. The minimum absolute atomic E-state index is 0.0582. The summed E-state index contributed by atoms with van der Waals surface area (Å²) in [7, 11) is 1.59. The number of nitrogens with one attached hydrogen (secondary N) is 1. The summed E-state index contributed by atoms with van der Waals surface area (Å²) in [5.41, 5.74) is 2.12. The Morgan fingerprint density at radius 2 is 2.29 bits per heavy atom. The van der Waals surface area contributed by atoms with Crippen LogP contribution in [0.15, 0.2) is 18.5 Å². The number of rotatable bonds is 7. The molecule has 5 heteroatoms. The molecule has 0 saturated heterocycles. The van der Waals surface area contributed by atoms with Crippen molar-refractivity contribution in [2.45, 2.75) is 13.5 Å². The molecule has 1 aromatic heterocycles. The van der Waals surface area contributed by atoms with Crippen LogP contribution in [0.3, 0.4) is 0 Å². The van der Waals surface area contributed by atoms with E-state index in [4.69, 9.17) is 9.47 Å². The van der Waals surface area contributed by atoms with E-state index in [2.05, 4.69) is 10.3 Å². The number of aromatic nitrogens is 1. The van der Waals surface area contributed by atoms with Gasteiger partial charge >= 0.3 is 0 Å². The summed E-state index contributed by atoms with van der Waals surface area (Å²) < 4.78 is 9.91. The molecule has 17 heavy (non-hydrogen) atoms. The SMILES string of the molecule is COCCOCC(=O)NCc1cnccc1C. The first kappa shape index (κ1) is 13.6. The van der Waals surface area contributed by atoms with Crippen molar-refractivity contribution in [3.8, 4) is 0 Å². The third kappa shape index (κ3) is 5.42. The Balaban J connectivity index is 2.22. The van der Waals surface area contributed by atoms with Crippen LogP contribution in [0, 0.1) is 6.92 Å². The van der Waals surface area contributed by atoms with Crippen LogP contribution < -0.4 is 5.32 Å². The van der Waals surface area contributed by atoms with Crippen molar-refractivity contribution in [1.29, 1.82) is 0 Å². The van der Waals surface area contributed by atoms with E-state index in [1.165, 1.54) is 0 Å². The first-order valence-electron chi connectivity index (χ1n) is 5.47. The number of amides is 1. The molecule has 1 N–H and O–H groups in total. The minimum Gasteiger partial charge on any atom is -0.382 e. The van der Waals surface area contributed by atoms with Gasteiger partial charge in [0.1, 0.15) is 6.61 Å². The zero-order chi connectivity index (χ0) is 12.5. The molecule has 0 aliphatic carbocycles. The molecule has 0 unspecified atom stereocenters. The van der Waals surface area contributed by atoms with Crippen molar-refractivity contribution in [3.63, 3.8) is 0 Å². The molecule has 0 aromatic carbocycles. The lowest BCUT2D eigenvalue weighted by atomic mass is 10.1. The fraction of sp³-hybridized carbons (Fsp3) is 0.500. The number of hydrogen-bond acceptors (Lipinski definition) is 4. The van der Waals surface area contributed by atoms with Gasteiger partial charge in [-0.1, -0.05) is 0 Å². The van der Waals surface area contributed by atoms with Gasteiger partial charge in [0.2, 0.25) is 5.91 Å². The highest BCUT2D eigenvalue weighted by atomic mass is 16.5. The third-order valence-electron chi connectivity index (χ3n) is 2.29. The second kappa shape index (κ2) is 7.76. The normalized spacial score (nSPS) is 10.2.